The van der Waals surface area contributed by atoms with Crippen LogP contribution in [0.4, 0.5) is 32.0 Å². The second-order valence-corrected chi connectivity index (χ2v) is 9.87. The number of benzene rings is 4. The van der Waals surface area contributed by atoms with Crippen LogP contribution in [0.1, 0.15) is 22.0 Å². The SMILES string of the molecule is O=C(CCl)c1ccccc1.OC(CN1c2cccc(-c3cccc(OC(F)(F)F)c3)c2OCC1c1ccccc1)C(F)(F)F. The third-order valence-electron chi connectivity index (χ3n) is 6.59. The summed E-state index contributed by atoms with van der Waals surface area (Å²) < 4.78 is 87.5. The van der Waals surface area contributed by atoms with E-state index in [1.807, 2.05) is 18.2 Å². The van der Waals surface area contributed by atoms with E-state index in [2.05, 4.69) is 4.74 Å². The molecule has 2 unspecified atom stereocenters. The molecule has 1 heterocycles. The number of nitrogens with zero attached hydrogens (tertiary/aromatic N) is 1. The van der Waals surface area contributed by atoms with Gasteiger partial charge in [0.2, 0.25) is 0 Å². The smallest absolute Gasteiger partial charge is 0.488 e. The largest absolute Gasteiger partial charge is 0.573 e. The van der Waals surface area contributed by atoms with Gasteiger partial charge in [-0.25, -0.2) is 0 Å². The Labute approximate surface area is 254 Å². The van der Waals surface area contributed by atoms with Gasteiger partial charge in [-0.15, -0.1) is 24.8 Å². The van der Waals surface area contributed by atoms with Crippen LogP contribution in [0.15, 0.2) is 103 Å². The summed E-state index contributed by atoms with van der Waals surface area (Å²) in [5.41, 5.74) is 2.35. The molecule has 1 N–H and O–H groups in total. The molecule has 4 aromatic carbocycles. The van der Waals surface area contributed by atoms with Crippen molar-refractivity contribution in [3.8, 4) is 22.6 Å². The van der Waals surface area contributed by atoms with E-state index >= 15 is 0 Å². The van der Waals surface area contributed by atoms with E-state index in [1.165, 1.54) is 17.0 Å². The summed E-state index contributed by atoms with van der Waals surface area (Å²) in [4.78, 5) is 12.3. The summed E-state index contributed by atoms with van der Waals surface area (Å²) >= 11 is 5.34. The molecular formula is C32H26ClF6NO4. The molecule has 0 spiro atoms. The number of carbonyl (C=O) groups excluding carboxylic acids is 1. The predicted molar refractivity (Wildman–Crippen MR) is 154 cm³/mol. The molecule has 44 heavy (non-hydrogen) atoms. The topological polar surface area (TPSA) is 59.0 Å². The van der Waals surface area contributed by atoms with Crippen LogP contribution in [-0.4, -0.2) is 48.6 Å². The molecule has 0 saturated heterocycles. The van der Waals surface area contributed by atoms with E-state index in [4.69, 9.17) is 16.3 Å². The van der Waals surface area contributed by atoms with Crippen LogP contribution < -0.4 is 14.4 Å². The predicted octanol–water partition coefficient (Wildman–Crippen LogP) is 8.22. The number of hydrogen-bond acceptors (Lipinski definition) is 5. The zero-order valence-corrected chi connectivity index (χ0v) is 23.6. The van der Waals surface area contributed by atoms with Crippen molar-refractivity contribution in [1.82, 2.24) is 0 Å². The van der Waals surface area contributed by atoms with Crippen molar-refractivity contribution in [3.63, 3.8) is 0 Å². The fourth-order valence-corrected chi connectivity index (χ4v) is 4.73. The zero-order chi connectivity index (χ0) is 31.9. The number of ketones is 1. The second kappa shape index (κ2) is 14.0. The quantitative estimate of drug-likeness (QED) is 0.126. The highest BCUT2D eigenvalue weighted by molar-refractivity contribution is 6.30. The van der Waals surface area contributed by atoms with Crippen LogP contribution in [0.3, 0.4) is 0 Å². The average molecular weight is 638 g/mol. The molecule has 2 atom stereocenters. The van der Waals surface area contributed by atoms with Crippen molar-refractivity contribution in [1.29, 1.82) is 0 Å². The number of Topliss-reactive ketones (excluding diaryl/α,β-unsaturated/α-hetero) is 1. The van der Waals surface area contributed by atoms with E-state index < -0.39 is 37.0 Å². The van der Waals surface area contributed by atoms with Crippen LogP contribution in [-0.2, 0) is 0 Å². The third kappa shape index (κ3) is 8.45. The van der Waals surface area contributed by atoms with Crippen molar-refractivity contribution in [2.45, 2.75) is 24.7 Å². The number of fused-ring (bicyclic) bond motifs is 1. The molecule has 5 rings (SSSR count). The highest BCUT2D eigenvalue weighted by Crippen LogP contribution is 2.46. The number of ether oxygens (including phenoxy) is 2. The highest BCUT2D eigenvalue weighted by Gasteiger charge is 2.42. The fraction of sp³-hybridized carbons (Fsp3) is 0.219. The van der Waals surface area contributed by atoms with E-state index in [0.29, 0.717) is 22.3 Å². The summed E-state index contributed by atoms with van der Waals surface area (Å²) in [5, 5.41) is 9.83. The van der Waals surface area contributed by atoms with Gasteiger partial charge in [0.05, 0.1) is 24.2 Å². The van der Waals surface area contributed by atoms with Crippen LogP contribution in [0.5, 0.6) is 11.5 Å². The molecule has 0 aliphatic carbocycles. The molecule has 1 aliphatic rings. The first-order valence-corrected chi connectivity index (χ1v) is 13.7. The Balaban J connectivity index is 0.000000375. The number of aliphatic hydroxyl groups excluding tert-OH is 1. The lowest BCUT2D eigenvalue weighted by Crippen LogP contribution is -2.46. The molecule has 0 aromatic heterocycles. The normalized spacial score (nSPS) is 15.3. The average Bonchev–Trinajstić information content (AvgIpc) is 3.00. The Bertz CT molecular complexity index is 1530. The van der Waals surface area contributed by atoms with Gasteiger partial charge in [0.15, 0.2) is 17.6 Å². The van der Waals surface area contributed by atoms with Gasteiger partial charge in [0.1, 0.15) is 12.4 Å². The first-order valence-electron chi connectivity index (χ1n) is 13.2. The number of anilines is 1. The monoisotopic (exact) mass is 637 g/mol. The molecule has 0 amide bonds. The fourth-order valence-electron chi connectivity index (χ4n) is 4.58. The number of carbonyl (C=O) groups is 1. The van der Waals surface area contributed by atoms with Crippen molar-refractivity contribution in [2.24, 2.45) is 0 Å². The molecule has 1 aliphatic heterocycles. The summed E-state index contributed by atoms with van der Waals surface area (Å²) in [7, 11) is 0. The minimum atomic E-state index is -4.88. The molecule has 12 heteroatoms. The molecule has 0 fully saturated rings. The molecule has 232 valence electrons. The molecule has 5 nitrogen and oxygen atoms in total. The van der Waals surface area contributed by atoms with Gasteiger partial charge in [-0.05, 0) is 29.3 Å². The number of aliphatic hydroxyl groups is 1. The lowest BCUT2D eigenvalue weighted by Gasteiger charge is -2.40. The molecule has 0 bridgehead atoms. The zero-order valence-electron chi connectivity index (χ0n) is 22.9. The lowest BCUT2D eigenvalue weighted by molar-refractivity contribution is -0.274. The van der Waals surface area contributed by atoms with Crippen LogP contribution in [0.25, 0.3) is 11.1 Å². The minimum absolute atomic E-state index is 0.0257. The maximum Gasteiger partial charge on any atom is 0.573 e. The summed E-state index contributed by atoms with van der Waals surface area (Å²) in [6.07, 6.45) is -12.3. The van der Waals surface area contributed by atoms with E-state index in [1.54, 1.807) is 66.7 Å². The first kappa shape index (κ1) is 32.7. The number of halogens is 7. The Morgan fingerprint density at radius 2 is 1.55 bits per heavy atom. The molecular weight excluding hydrogens is 612 g/mol. The Hall–Kier alpha value is -4.22. The Morgan fingerprint density at radius 1 is 0.909 bits per heavy atom. The van der Waals surface area contributed by atoms with Crippen molar-refractivity contribution < 1.29 is 45.7 Å². The first-order chi connectivity index (χ1) is 20.9. The number of para-hydroxylation sites is 1. The van der Waals surface area contributed by atoms with Crippen LogP contribution in [0, 0.1) is 0 Å². The second-order valence-electron chi connectivity index (χ2n) is 9.60. The standard InChI is InChI=1S/C24H19F6NO3.C8H7ClO/c25-23(26,27)21(32)13-31-19-11-5-10-18(16-8-4-9-17(12-16)34-24(28,29)30)22(19)33-14-20(31)15-6-2-1-3-7-15;9-6-8(10)7-4-2-1-3-5-7/h1-12,20-21,32H,13-14H2;1-5H,6H2. The van der Waals surface area contributed by atoms with Crippen molar-refractivity contribution in [3.05, 3.63) is 114 Å². The lowest BCUT2D eigenvalue weighted by atomic mass is 9.98. The van der Waals surface area contributed by atoms with Gasteiger partial charge >= 0.3 is 12.5 Å². The Kier molecular flexibility index (Phi) is 10.4. The van der Waals surface area contributed by atoms with Gasteiger partial charge < -0.3 is 19.5 Å². The van der Waals surface area contributed by atoms with Gasteiger partial charge in [0.25, 0.3) is 0 Å². The van der Waals surface area contributed by atoms with Crippen molar-refractivity contribution in [2.75, 3.05) is 23.9 Å². The maximum absolute atomic E-state index is 13.2. The molecule has 4 aromatic rings. The number of alkyl halides is 7. The molecule has 0 saturated carbocycles. The van der Waals surface area contributed by atoms with Gasteiger partial charge in [0, 0.05) is 11.1 Å². The maximum atomic E-state index is 13.2. The van der Waals surface area contributed by atoms with Crippen LogP contribution in [0.2, 0.25) is 0 Å². The Morgan fingerprint density at radius 3 is 2.16 bits per heavy atom. The number of β-amino-alcohol motifs (C(OH)–C–C–N with tert-alkyl or cyclic N) is 1. The van der Waals surface area contributed by atoms with E-state index in [9.17, 15) is 36.2 Å². The third-order valence-corrected chi connectivity index (χ3v) is 6.84. The van der Waals surface area contributed by atoms with Crippen molar-refractivity contribution >= 4 is 23.1 Å². The van der Waals surface area contributed by atoms with E-state index in [0.717, 1.165) is 6.07 Å². The number of rotatable bonds is 7. The van der Waals surface area contributed by atoms with E-state index in [-0.39, 0.29) is 29.7 Å². The van der Waals surface area contributed by atoms with Gasteiger partial charge in [-0.3, -0.25) is 4.79 Å². The molecule has 0 radical (unpaired) electrons. The van der Waals surface area contributed by atoms with Crippen LogP contribution >= 0.6 is 11.6 Å². The summed E-state index contributed by atoms with van der Waals surface area (Å²) in [5.74, 6) is -0.204. The number of hydrogen-bond donors (Lipinski definition) is 1. The van der Waals surface area contributed by atoms with Gasteiger partial charge in [-0.2, -0.15) is 13.2 Å². The summed E-state index contributed by atoms with van der Waals surface area (Å²) in [6, 6.07) is 27.1. The highest BCUT2D eigenvalue weighted by atomic mass is 35.5. The van der Waals surface area contributed by atoms with Gasteiger partial charge in [-0.1, -0.05) is 84.9 Å². The summed E-state index contributed by atoms with van der Waals surface area (Å²) in [6.45, 7) is -0.780. The minimum Gasteiger partial charge on any atom is -0.488 e.